The lowest BCUT2D eigenvalue weighted by atomic mass is 9.81. The Balaban J connectivity index is 2.23. The van der Waals surface area contributed by atoms with E-state index in [1.54, 1.807) is 0 Å². The molecular formula is C15H28N2O3. The van der Waals surface area contributed by atoms with Gasteiger partial charge in [0.1, 0.15) is 0 Å². The van der Waals surface area contributed by atoms with Crippen molar-refractivity contribution in [2.45, 2.75) is 46.0 Å². The quantitative estimate of drug-likeness (QED) is 0.666. The molecule has 1 saturated carbocycles. The fourth-order valence-electron chi connectivity index (χ4n) is 2.85. The van der Waals surface area contributed by atoms with E-state index in [4.69, 9.17) is 5.11 Å². The summed E-state index contributed by atoms with van der Waals surface area (Å²) in [5.41, 5.74) is 0. The van der Waals surface area contributed by atoms with Gasteiger partial charge < -0.3 is 15.3 Å². The predicted octanol–water partition coefficient (Wildman–Crippen LogP) is 1.73. The number of rotatable bonds is 8. The van der Waals surface area contributed by atoms with E-state index in [2.05, 4.69) is 24.1 Å². The fourth-order valence-corrected chi connectivity index (χ4v) is 2.85. The van der Waals surface area contributed by atoms with Crippen LogP contribution in [0.3, 0.4) is 0 Å². The first-order valence-electron chi connectivity index (χ1n) is 7.81. The lowest BCUT2D eigenvalue weighted by molar-refractivity contribution is -0.144. The summed E-state index contributed by atoms with van der Waals surface area (Å²) in [6.45, 7) is 8.02. The molecule has 2 unspecified atom stereocenters. The molecule has 5 heteroatoms. The molecule has 1 aliphatic rings. The van der Waals surface area contributed by atoms with Crippen LogP contribution in [0.5, 0.6) is 0 Å². The van der Waals surface area contributed by atoms with Crippen LogP contribution in [0.4, 0.5) is 0 Å². The number of amides is 1. The summed E-state index contributed by atoms with van der Waals surface area (Å²) in [5, 5.41) is 12.0. The van der Waals surface area contributed by atoms with Gasteiger partial charge in [0.25, 0.3) is 0 Å². The van der Waals surface area contributed by atoms with E-state index in [9.17, 15) is 9.59 Å². The number of carbonyl (C=O) groups is 2. The molecule has 1 amide bonds. The Bertz CT molecular complexity index is 316. The van der Waals surface area contributed by atoms with Crippen molar-refractivity contribution in [2.75, 3.05) is 26.2 Å². The Kier molecular flexibility index (Phi) is 7.59. The molecule has 0 radical (unpaired) electrons. The van der Waals surface area contributed by atoms with Crippen molar-refractivity contribution in [3.63, 3.8) is 0 Å². The van der Waals surface area contributed by atoms with E-state index in [0.29, 0.717) is 19.4 Å². The molecule has 1 rings (SSSR count). The maximum Gasteiger partial charge on any atom is 0.306 e. The van der Waals surface area contributed by atoms with Gasteiger partial charge in [-0.1, -0.05) is 20.3 Å². The average molecular weight is 284 g/mol. The Morgan fingerprint density at radius 1 is 1.20 bits per heavy atom. The van der Waals surface area contributed by atoms with Crippen molar-refractivity contribution in [1.82, 2.24) is 10.2 Å². The van der Waals surface area contributed by atoms with Crippen molar-refractivity contribution in [1.29, 1.82) is 0 Å². The smallest absolute Gasteiger partial charge is 0.306 e. The van der Waals surface area contributed by atoms with Crippen LogP contribution < -0.4 is 5.32 Å². The van der Waals surface area contributed by atoms with E-state index in [0.717, 1.165) is 38.9 Å². The van der Waals surface area contributed by atoms with Crippen LogP contribution in [0.15, 0.2) is 0 Å². The number of carboxylic acid groups (broad SMARTS) is 1. The zero-order valence-corrected chi connectivity index (χ0v) is 12.7. The summed E-state index contributed by atoms with van der Waals surface area (Å²) in [6, 6.07) is 0. The summed E-state index contributed by atoms with van der Waals surface area (Å²) in [5.74, 6) is -1.17. The van der Waals surface area contributed by atoms with Gasteiger partial charge in [-0.3, -0.25) is 9.59 Å². The van der Waals surface area contributed by atoms with Crippen LogP contribution in [0.25, 0.3) is 0 Å². The molecule has 0 aromatic carbocycles. The van der Waals surface area contributed by atoms with Gasteiger partial charge in [-0.05, 0) is 45.3 Å². The zero-order chi connectivity index (χ0) is 15.0. The summed E-state index contributed by atoms with van der Waals surface area (Å²) >= 11 is 0. The zero-order valence-electron chi connectivity index (χ0n) is 12.7. The lowest BCUT2D eigenvalue weighted by Gasteiger charge is -2.26. The van der Waals surface area contributed by atoms with Crippen LogP contribution in [0, 0.1) is 11.8 Å². The van der Waals surface area contributed by atoms with E-state index in [1.807, 2.05) is 0 Å². The monoisotopic (exact) mass is 284 g/mol. The van der Waals surface area contributed by atoms with Gasteiger partial charge in [0.15, 0.2) is 0 Å². The molecule has 0 saturated heterocycles. The van der Waals surface area contributed by atoms with Crippen molar-refractivity contribution < 1.29 is 14.7 Å². The maximum absolute atomic E-state index is 12.0. The molecule has 5 nitrogen and oxygen atoms in total. The maximum atomic E-state index is 12.0. The Morgan fingerprint density at radius 2 is 1.85 bits per heavy atom. The minimum atomic E-state index is -0.760. The van der Waals surface area contributed by atoms with Crippen LogP contribution >= 0.6 is 0 Å². The molecular weight excluding hydrogens is 256 g/mol. The number of hydrogen-bond donors (Lipinski definition) is 2. The van der Waals surface area contributed by atoms with Crippen molar-refractivity contribution in [3.8, 4) is 0 Å². The van der Waals surface area contributed by atoms with Gasteiger partial charge in [0.2, 0.25) is 5.91 Å². The number of aliphatic carboxylic acids is 1. The molecule has 0 aliphatic heterocycles. The molecule has 0 aromatic heterocycles. The number of nitrogens with one attached hydrogen (secondary N) is 1. The normalized spacial score (nSPS) is 22.8. The second-order valence-corrected chi connectivity index (χ2v) is 5.57. The highest BCUT2D eigenvalue weighted by Crippen LogP contribution is 2.29. The average Bonchev–Trinajstić information content (AvgIpc) is 2.47. The first kappa shape index (κ1) is 17.0. The molecule has 0 bridgehead atoms. The predicted molar refractivity (Wildman–Crippen MR) is 78.5 cm³/mol. The molecule has 116 valence electrons. The van der Waals surface area contributed by atoms with Crippen molar-refractivity contribution in [2.24, 2.45) is 11.8 Å². The van der Waals surface area contributed by atoms with Gasteiger partial charge in [-0.25, -0.2) is 0 Å². The summed E-state index contributed by atoms with van der Waals surface area (Å²) in [7, 11) is 0. The van der Waals surface area contributed by atoms with Crippen LogP contribution in [0.1, 0.15) is 46.0 Å². The standard InChI is InChI=1S/C15H28N2O3/c1-3-17(4-2)10-6-9-16-14(18)12-7-5-8-13(11-12)15(19)20/h12-13H,3-11H2,1-2H3,(H,16,18)(H,19,20). The van der Waals surface area contributed by atoms with E-state index in [-0.39, 0.29) is 17.7 Å². The highest BCUT2D eigenvalue weighted by molar-refractivity contribution is 5.80. The Labute approximate surface area is 121 Å². The Hall–Kier alpha value is -1.10. The molecule has 2 atom stereocenters. The molecule has 0 aromatic rings. The van der Waals surface area contributed by atoms with Crippen LogP contribution in [-0.4, -0.2) is 48.1 Å². The number of carbonyl (C=O) groups excluding carboxylic acids is 1. The summed E-state index contributed by atoms with van der Waals surface area (Å²) in [4.78, 5) is 25.3. The van der Waals surface area contributed by atoms with Crippen LogP contribution in [-0.2, 0) is 9.59 Å². The Morgan fingerprint density at radius 3 is 2.45 bits per heavy atom. The third-order valence-electron chi connectivity index (χ3n) is 4.24. The van der Waals surface area contributed by atoms with E-state index < -0.39 is 5.97 Å². The fraction of sp³-hybridized carbons (Fsp3) is 0.867. The number of carboxylic acids is 1. The highest BCUT2D eigenvalue weighted by Gasteiger charge is 2.30. The molecule has 0 heterocycles. The van der Waals surface area contributed by atoms with E-state index >= 15 is 0 Å². The first-order chi connectivity index (χ1) is 9.58. The largest absolute Gasteiger partial charge is 0.481 e. The molecule has 2 N–H and O–H groups in total. The number of hydrogen-bond acceptors (Lipinski definition) is 3. The number of nitrogens with zero attached hydrogens (tertiary/aromatic N) is 1. The molecule has 1 aliphatic carbocycles. The minimum absolute atomic E-state index is 0.0375. The molecule has 0 spiro atoms. The first-order valence-corrected chi connectivity index (χ1v) is 7.81. The highest BCUT2D eigenvalue weighted by atomic mass is 16.4. The van der Waals surface area contributed by atoms with Crippen LogP contribution in [0.2, 0.25) is 0 Å². The van der Waals surface area contributed by atoms with E-state index in [1.165, 1.54) is 0 Å². The van der Waals surface area contributed by atoms with Crippen molar-refractivity contribution >= 4 is 11.9 Å². The molecule has 20 heavy (non-hydrogen) atoms. The lowest BCUT2D eigenvalue weighted by Crippen LogP contribution is -2.37. The third kappa shape index (κ3) is 5.49. The topological polar surface area (TPSA) is 69.6 Å². The SMILES string of the molecule is CCN(CC)CCCNC(=O)C1CCCC(C(=O)O)C1. The molecule has 1 fully saturated rings. The minimum Gasteiger partial charge on any atom is -0.481 e. The van der Waals surface area contributed by atoms with Gasteiger partial charge in [0.05, 0.1) is 5.92 Å². The van der Waals surface area contributed by atoms with Gasteiger partial charge in [0, 0.05) is 12.5 Å². The summed E-state index contributed by atoms with van der Waals surface area (Å²) < 4.78 is 0. The second kappa shape index (κ2) is 8.95. The third-order valence-corrected chi connectivity index (χ3v) is 4.24. The van der Waals surface area contributed by atoms with Crippen molar-refractivity contribution in [3.05, 3.63) is 0 Å². The van der Waals surface area contributed by atoms with Gasteiger partial charge >= 0.3 is 5.97 Å². The van der Waals surface area contributed by atoms with Gasteiger partial charge in [-0.2, -0.15) is 0 Å². The van der Waals surface area contributed by atoms with Gasteiger partial charge in [-0.15, -0.1) is 0 Å². The second-order valence-electron chi connectivity index (χ2n) is 5.57. The summed E-state index contributed by atoms with van der Waals surface area (Å²) in [6.07, 6.45) is 3.82.